The molecule has 1 unspecified atom stereocenters. The van der Waals surface area contributed by atoms with Crippen molar-refractivity contribution in [2.45, 2.75) is 63.3 Å². The van der Waals surface area contributed by atoms with Gasteiger partial charge in [0.2, 0.25) is 0 Å². The molecule has 1 aliphatic carbocycles. The summed E-state index contributed by atoms with van der Waals surface area (Å²) in [6, 6.07) is 8.60. The first-order valence-corrected chi connectivity index (χ1v) is 12.4. The number of hydrogen-bond donors (Lipinski definition) is 1. The van der Waals surface area contributed by atoms with Gasteiger partial charge in [0.05, 0.1) is 23.3 Å². The highest BCUT2D eigenvalue weighted by atomic mass is 19.4. The molecular formula is C27H29F3N6O2. The van der Waals surface area contributed by atoms with Crippen LogP contribution in [0.4, 0.5) is 29.5 Å². The van der Waals surface area contributed by atoms with Crippen molar-refractivity contribution in [1.82, 2.24) is 19.7 Å². The lowest BCUT2D eigenvalue weighted by molar-refractivity contribution is -0.160. The molecule has 1 atom stereocenters. The van der Waals surface area contributed by atoms with E-state index in [1.807, 2.05) is 26.2 Å². The van der Waals surface area contributed by atoms with Gasteiger partial charge < -0.3 is 10.2 Å². The van der Waals surface area contributed by atoms with Crippen LogP contribution in [-0.2, 0) is 23.8 Å². The summed E-state index contributed by atoms with van der Waals surface area (Å²) in [4.78, 5) is 33.6. The van der Waals surface area contributed by atoms with Crippen LogP contribution >= 0.6 is 0 Å². The summed E-state index contributed by atoms with van der Waals surface area (Å²) in [6.07, 6.45) is 1.07. The Morgan fingerprint density at radius 3 is 2.37 bits per heavy atom. The van der Waals surface area contributed by atoms with E-state index in [4.69, 9.17) is 0 Å². The normalized spacial score (nSPS) is 19.1. The van der Waals surface area contributed by atoms with E-state index in [2.05, 4.69) is 15.4 Å². The third-order valence-corrected chi connectivity index (χ3v) is 7.55. The van der Waals surface area contributed by atoms with Crippen molar-refractivity contribution >= 4 is 23.4 Å². The molecule has 3 heterocycles. The molecule has 2 fully saturated rings. The molecule has 0 bridgehead atoms. The standard InChI is InChI=1S/C27H29F3N6O2/c1-17(19-14-32-34(4)16-19)33-22-13-18(9-12-31-22)15-35-24(38)36(23(37)25(35,2)3)21-7-5-20(6-8-21)26(10-11-26)27(28,29)30/h5-9,12-14,16-17H,10-11,15H2,1-4H3,(H,31,33). The zero-order valence-electron chi connectivity index (χ0n) is 21.6. The Morgan fingerprint density at radius 1 is 1.11 bits per heavy atom. The van der Waals surface area contributed by atoms with Gasteiger partial charge in [-0.1, -0.05) is 12.1 Å². The average Bonchev–Trinajstić information content (AvgIpc) is 3.54. The van der Waals surface area contributed by atoms with E-state index in [-0.39, 0.29) is 36.7 Å². The van der Waals surface area contributed by atoms with Crippen LogP contribution in [0.2, 0.25) is 0 Å². The number of aromatic nitrogens is 3. The van der Waals surface area contributed by atoms with Crippen LogP contribution in [-0.4, -0.2) is 43.3 Å². The summed E-state index contributed by atoms with van der Waals surface area (Å²) in [7, 11) is 1.84. The van der Waals surface area contributed by atoms with Crippen LogP contribution in [0.1, 0.15) is 56.3 Å². The van der Waals surface area contributed by atoms with Crippen molar-refractivity contribution in [3.05, 3.63) is 71.7 Å². The van der Waals surface area contributed by atoms with Crippen molar-refractivity contribution in [1.29, 1.82) is 0 Å². The van der Waals surface area contributed by atoms with Crippen molar-refractivity contribution in [3.63, 3.8) is 0 Å². The van der Waals surface area contributed by atoms with E-state index in [9.17, 15) is 22.8 Å². The first-order valence-electron chi connectivity index (χ1n) is 12.4. The Labute approximate surface area is 218 Å². The van der Waals surface area contributed by atoms with Gasteiger partial charge in [0.1, 0.15) is 11.4 Å². The number of carbonyl (C=O) groups is 2. The molecule has 38 heavy (non-hydrogen) atoms. The van der Waals surface area contributed by atoms with Crippen molar-refractivity contribution < 1.29 is 22.8 Å². The average molecular weight is 527 g/mol. The Balaban J connectivity index is 1.34. The molecule has 2 aromatic heterocycles. The van der Waals surface area contributed by atoms with Gasteiger partial charge in [0.25, 0.3) is 5.91 Å². The van der Waals surface area contributed by atoms with Crippen LogP contribution in [0.15, 0.2) is 55.0 Å². The number of anilines is 2. The van der Waals surface area contributed by atoms with E-state index in [0.29, 0.717) is 5.82 Å². The van der Waals surface area contributed by atoms with Gasteiger partial charge in [-0.2, -0.15) is 18.3 Å². The van der Waals surface area contributed by atoms with E-state index in [1.54, 1.807) is 37.0 Å². The van der Waals surface area contributed by atoms with Crippen LogP contribution in [0.3, 0.4) is 0 Å². The van der Waals surface area contributed by atoms with Gasteiger partial charge in [0, 0.05) is 31.5 Å². The van der Waals surface area contributed by atoms with Gasteiger partial charge in [-0.25, -0.2) is 14.7 Å². The number of halogens is 3. The molecule has 200 valence electrons. The number of aryl methyl sites for hydroxylation is 1. The minimum absolute atomic E-state index is 0.0437. The number of hydrogen-bond acceptors (Lipinski definition) is 5. The maximum atomic E-state index is 13.5. The zero-order chi connectivity index (χ0) is 27.5. The van der Waals surface area contributed by atoms with Crippen LogP contribution < -0.4 is 10.2 Å². The fourth-order valence-corrected chi connectivity index (χ4v) is 4.92. The van der Waals surface area contributed by atoms with Gasteiger partial charge in [-0.15, -0.1) is 0 Å². The van der Waals surface area contributed by atoms with Crippen molar-refractivity contribution in [2.75, 3.05) is 10.2 Å². The second-order valence-corrected chi connectivity index (χ2v) is 10.6. The number of amides is 3. The molecular weight excluding hydrogens is 497 g/mol. The third-order valence-electron chi connectivity index (χ3n) is 7.55. The topological polar surface area (TPSA) is 83.4 Å². The second kappa shape index (κ2) is 8.85. The number of pyridine rings is 1. The summed E-state index contributed by atoms with van der Waals surface area (Å²) >= 11 is 0. The maximum Gasteiger partial charge on any atom is 0.398 e. The Hall–Kier alpha value is -3.89. The lowest BCUT2D eigenvalue weighted by atomic mass is 9.95. The van der Waals surface area contributed by atoms with E-state index in [1.165, 1.54) is 29.2 Å². The smallest absolute Gasteiger partial charge is 0.363 e. The number of alkyl halides is 3. The summed E-state index contributed by atoms with van der Waals surface area (Å²) < 4.78 is 42.3. The van der Waals surface area contributed by atoms with Crippen LogP contribution in [0.25, 0.3) is 0 Å². The molecule has 11 heteroatoms. The van der Waals surface area contributed by atoms with Crippen LogP contribution in [0, 0.1) is 0 Å². The third kappa shape index (κ3) is 4.29. The number of urea groups is 1. The van der Waals surface area contributed by atoms with Gasteiger partial charge in [-0.3, -0.25) is 9.48 Å². The number of rotatable bonds is 7. The molecule has 0 spiro atoms. The monoisotopic (exact) mass is 526 g/mol. The summed E-state index contributed by atoms with van der Waals surface area (Å²) in [6.45, 7) is 5.46. The molecule has 3 aromatic rings. The fourth-order valence-electron chi connectivity index (χ4n) is 4.92. The lowest BCUT2D eigenvalue weighted by Gasteiger charge is -2.28. The van der Waals surface area contributed by atoms with E-state index < -0.39 is 29.1 Å². The molecule has 1 saturated carbocycles. The molecule has 1 saturated heterocycles. The Kier molecular flexibility index (Phi) is 6.00. The molecule has 1 aliphatic heterocycles. The Morgan fingerprint density at radius 2 is 1.79 bits per heavy atom. The van der Waals surface area contributed by atoms with Gasteiger partial charge in [-0.05, 0) is 69.0 Å². The minimum atomic E-state index is -4.33. The summed E-state index contributed by atoms with van der Waals surface area (Å²) in [5.74, 6) is 0.172. The molecule has 1 N–H and O–H groups in total. The molecule has 5 rings (SSSR count). The number of benzene rings is 1. The summed E-state index contributed by atoms with van der Waals surface area (Å²) in [5, 5.41) is 7.50. The molecule has 3 amide bonds. The quantitative estimate of drug-likeness (QED) is 0.421. The van der Waals surface area contributed by atoms with Crippen molar-refractivity contribution in [2.24, 2.45) is 7.05 Å². The molecule has 8 nitrogen and oxygen atoms in total. The predicted molar refractivity (Wildman–Crippen MR) is 135 cm³/mol. The first-order chi connectivity index (χ1) is 17.8. The first kappa shape index (κ1) is 25.7. The van der Waals surface area contributed by atoms with Gasteiger partial charge >= 0.3 is 12.2 Å². The Bertz CT molecular complexity index is 1380. The van der Waals surface area contributed by atoms with E-state index in [0.717, 1.165) is 16.0 Å². The zero-order valence-corrected chi connectivity index (χ0v) is 21.6. The number of carbonyl (C=O) groups excluding carboxylic acids is 2. The molecule has 1 aromatic carbocycles. The molecule has 0 radical (unpaired) electrons. The largest absolute Gasteiger partial charge is 0.398 e. The number of nitrogens with zero attached hydrogens (tertiary/aromatic N) is 5. The SMILES string of the molecule is CC(Nc1cc(CN2C(=O)N(c3ccc(C4(C(F)(F)F)CC4)cc3)C(=O)C2(C)C)ccn1)c1cnn(C)c1. The lowest BCUT2D eigenvalue weighted by Crippen LogP contribution is -2.43. The van der Waals surface area contributed by atoms with Crippen molar-refractivity contribution in [3.8, 4) is 0 Å². The van der Waals surface area contributed by atoms with Crippen LogP contribution in [0.5, 0.6) is 0 Å². The highest BCUT2D eigenvalue weighted by Gasteiger charge is 2.64. The number of imide groups is 1. The predicted octanol–water partition coefficient (Wildman–Crippen LogP) is 5.33. The second-order valence-electron chi connectivity index (χ2n) is 10.6. The summed E-state index contributed by atoms with van der Waals surface area (Å²) in [5.41, 5.74) is -0.809. The highest BCUT2D eigenvalue weighted by molar-refractivity contribution is 6.22. The number of nitrogens with one attached hydrogen (secondary N) is 1. The maximum absolute atomic E-state index is 13.5. The van der Waals surface area contributed by atoms with Gasteiger partial charge in [0.15, 0.2) is 0 Å². The highest BCUT2D eigenvalue weighted by Crippen LogP contribution is 2.59. The minimum Gasteiger partial charge on any atom is -0.363 e. The van der Waals surface area contributed by atoms with E-state index >= 15 is 0 Å². The molecule has 2 aliphatic rings. The fraction of sp³-hybridized carbons (Fsp3) is 0.407.